The number of esters is 1. The number of fused-ring (bicyclic) bond motifs is 1. The highest BCUT2D eigenvalue weighted by molar-refractivity contribution is 5.81. The number of anilines is 1. The van der Waals surface area contributed by atoms with Crippen LogP contribution in [0.2, 0.25) is 0 Å². The number of nitrogens with two attached hydrogens (primary N) is 1. The first kappa shape index (κ1) is 26.1. The second kappa shape index (κ2) is 9.65. The number of nitrogen functional groups attached to an aromatic ring is 1. The van der Waals surface area contributed by atoms with Gasteiger partial charge in [-0.2, -0.15) is 10.4 Å². The van der Waals surface area contributed by atoms with Crippen LogP contribution in [0.4, 0.5) is 10.6 Å². The quantitative estimate of drug-likeness (QED) is 0.405. The van der Waals surface area contributed by atoms with Gasteiger partial charge in [0.15, 0.2) is 5.82 Å². The Balaban J connectivity index is 1.75. The van der Waals surface area contributed by atoms with E-state index in [0.717, 1.165) is 0 Å². The number of rotatable bonds is 6. The molecular weight excluding hydrogens is 460 g/mol. The normalized spacial score (nSPS) is 25.3. The smallest absolute Gasteiger partial charge is 0.408 e. The summed E-state index contributed by atoms with van der Waals surface area (Å²) >= 11 is 0. The second-order valence-electron chi connectivity index (χ2n) is 9.60. The summed E-state index contributed by atoms with van der Waals surface area (Å²) in [5.41, 5.74) is 3.57. The predicted octanol–water partition coefficient (Wildman–Crippen LogP) is 0.243. The first-order valence-electron chi connectivity index (χ1n) is 11.0. The van der Waals surface area contributed by atoms with E-state index in [-0.39, 0.29) is 17.4 Å². The topological polar surface area (TPSA) is 194 Å². The Morgan fingerprint density at radius 3 is 2.66 bits per heavy atom. The number of hydrogen-bond acceptors (Lipinski definition) is 11. The monoisotopic (exact) mass is 490 g/mol. The SMILES string of the molecule is CC(C)[C@H](NC(=O)OC(C)(C)C)C(=O)OC[C@H]1O[C@](C#N)(c2ccc3c(N)ncnn23)[C@H](O)[C@@H]1O. The lowest BCUT2D eigenvalue weighted by Crippen LogP contribution is -2.48. The van der Waals surface area contributed by atoms with Gasteiger partial charge in [-0.15, -0.1) is 0 Å². The lowest BCUT2D eigenvalue weighted by Gasteiger charge is -2.25. The van der Waals surface area contributed by atoms with Gasteiger partial charge in [-0.05, 0) is 38.8 Å². The zero-order valence-electron chi connectivity index (χ0n) is 20.1. The van der Waals surface area contributed by atoms with Gasteiger partial charge in [-0.25, -0.2) is 19.1 Å². The Morgan fingerprint density at radius 1 is 1.37 bits per heavy atom. The first-order chi connectivity index (χ1) is 16.3. The summed E-state index contributed by atoms with van der Waals surface area (Å²) in [5.74, 6) is -0.986. The Hall–Kier alpha value is -3.47. The van der Waals surface area contributed by atoms with Crippen LogP contribution in [0.1, 0.15) is 40.3 Å². The van der Waals surface area contributed by atoms with Crippen molar-refractivity contribution in [3.05, 3.63) is 24.2 Å². The molecule has 13 nitrogen and oxygen atoms in total. The summed E-state index contributed by atoms with van der Waals surface area (Å²) in [7, 11) is 0. The molecule has 0 spiro atoms. The van der Waals surface area contributed by atoms with Gasteiger partial charge < -0.3 is 35.5 Å². The van der Waals surface area contributed by atoms with Crippen LogP contribution in [0.25, 0.3) is 5.52 Å². The molecule has 1 fully saturated rings. The Labute approximate surface area is 201 Å². The van der Waals surface area contributed by atoms with Gasteiger partial charge in [0, 0.05) is 0 Å². The third-order valence-electron chi connectivity index (χ3n) is 5.47. The lowest BCUT2D eigenvalue weighted by molar-refractivity contribution is -0.154. The highest BCUT2D eigenvalue weighted by Crippen LogP contribution is 2.40. The second-order valence-corrected chi connectivity index (χ2v) is 9.60. The van der Waals surface area contributed by atoms with Crippen LogP contribution in [0, 0.1) is 17.2 Å². The van der Waals surface area contributed by atoms with Gasteiger partial charge >= 0.3 is 12.1 Å². The molecule has 0 aromatic carbocycles. The molecule has 0 aliphatic carbocycles. The molecule has 5 atom stereocenters. The average molecular weight is 491 g/mol. The minimum Gasteiger partial charge on any atom is -0.461 e. The zero-order chi connectivity index (χ0) is 26.1. The molecule has 35 heavy (non-hydrogen) atoms. The molecule has 2 aromatic rings. The summed E-state index contributed by atoms with van der Waals surface area (Å²) in [6.45, 7) is 8.00. The number of aromatic nitrogens is 3. The number of hydrogen-bond donors (Lipinski definition) is 4. The fourth-order valence-corrected chi connectivity index (χ4v) is 3.74. The van der Waals surface area contributed by atoms with Crippen molar-refractivity contribution >= 4 is 23.4 Å². The summed E-state index contributed by atoms with van der Waals surface area (Å²) in [4.78, 5) is 28.7. The molecule has 13 heteroatoms. The maximum Gasteiger partial charge on any atom is 0.408 e. The fourth-order valence-electron chi connectivity index (χ4n) is 3.74. The summed E-state index contributed by atoms with van der Waals surface area (Å²) in [5, 5.41) is 37.9. The average Bonchev–Trinajstić information content (AvgIpc) is 3.30. The number of aliphatic hydroxyl groups excluding tert-OH is 2. The highest BCUT2D eigenvalue weighted by Gasteiger charge is 2.58. The number of ether oxygens (including phenoxy) is 3. The molecule has 5 N–H and O–H groups in total. The molecule has 2 aromatic heterocycles. The molecule has 1 amide bonds. The molecule has 1 saturated heterocycles. The van der Waals surface area contributed by atoms with Crippen molar-refractivity contribution in [1.29, 1.82) is 5.26 Å². The van der Waals surface area contributed by atoms with Crippen LogP contribution in [0.3, 0.4) is 0 Å². The maximum absolute atomic E-state index is 12.7. The highest BCUT2D eigenvalue weighted by atomic mass is 16.6. The third-order valence-corrected chi connectivity index (χ3v) is 5.47. The first-order valence-corrected chi connectivity index (χ1v) is 11.0. The molecule has 3 rings (SSSR count). The van der Waals surface area contributed by atoms with Gasteiger partial charge in [0.2, 0.25) is 5.60 Å². The van der Waals surface area contributed by atoms with Crippen molar-refractivity contribution in [2.24, 2.45) is 5.92 Å². The van der Waals surface area contributed by atoms with Gasteiger partial charge in [0.05, 0.1) is 5.69 Å². The molecule has 0 saturated carbocycles. The van der Waals surface area contributed by atoms with E-state index in [9.17, 15) is 25.1 Å². The summed E-state index contributed by atoms with van der Waals surface area (Å²) in [6, 6.07) is 3.90. The Morgan fingerprint density at radius 2 is 2.06 bits per heavy atom. The number of nitrogens with one attached hydrogen (secondary N) is 1. The number of carbonyl (C=O) groups is 2. The third kappa shape index (κ3) is 5.14. The molecule has 0 bridgehead atoms. The molecule has 1 aliphatic heterocycles. The number of nitriles is 1. The Kier molecular flexibility index (Phi) is 7.21. The number of carbonyl (C=O) groups excluding carboxylic acids is 2. The van der Waals surface area contributed by atoms with Crippen LogP contribution in [-0.2, 0) is 24.6 Å². The van der Waals surface area contributed by atoms with Crippen molar-refractivity contribution < 1.29 is 34.0 Å². The van der Waals surface area contributed by atoms with Gasteiger partial charge in [0.1, 0.15) is 54.5 Å². The van der Waals surface area contributed by atoms with Crippen LogP contribution in [0.5, 0.6) is 0 Å². The fraction of sp³-hybridized carbons (Fsp3) is 0.591. The van der Waals surface area contributed by atoms with E-state index in [2.05, 4.69) is 15.4 Å². The number of amides is 1. The zero-order valence-corrected chi connectivity index (χ0v) is 20.1. The molecule has 0 unspecified atom stereocenters. The predicted molar refractivity (Wildman–Crippen MR) is 121 cm³/mol. The van der Waals surface area contributed by atoms with Gasteiger partial charge in [-0.3, -0.25) is 0 Å². The lowest BCUT2D eigenvalue weighted by atomic mass is 9.92. The molecule has 0 radical (unpaired) electrons. The van der Waals surface area contributed by atoms with Gasteiger partial charge in [0.25, 0.3) is 0 Å². The van der Waals surface area contributed by atoms with Crippen molar-refractivity contribution in [3.8, 4) is 6.07 Å². The van der Waals surface area contributed by atoms with E-state index in [0.29, 0.717) is 5.52 Å². The van der Waals surface area contributed by atoms with E-state index in [1.54, 1.807) is 40.7 Å². The molecule has 3 heterocycles. The number of aliphatic hydroxyl groups is 2. The van der Waals surface area contributed by atoms with E-state index in [1.807, 2.05) is 6.07 Å². The van der Waals surface area contributed by atoms with Crippen LogP contribution >= 0.6 is 0 Å². The molecule has 190 valence electrons. The number of nitrogens with zero attached hydrogens (tertiary/aromatic N) is 4. The van der Waals surface area contributed by atoms with Crippen LogP contribution in [0.15, 0.2) is 18.5 Å². The number of alkyl carbamates (subject to hydrolysis) is 1. The van der Waals surface area contributed by atoms with Crippen molar-refractivity contribution in [1.82, 2.24) is 19.9 Å². The minimum atomic E-state index is -2.02. The van der Waals surface area contributed by atoms with Gasteiger partial charge in [-0.1, -0.05) is 13.8 Å². The van der Waals surface area contributed by atoms with E-state index >= 15 is 0 Å². The minimum absolute atomic E-state index is 0.121. The maximum atomic E-state index is 12.7. The largest absolute Gasteiger partial charge is 0.461 e. The van der Waals surface area contributed by atoms with E-state index in [1.165, 1.54) is 16.9 Å². The Bertz CT molecular complexity index is 1140. The van der Waals surface area contributed by atoms with Crippen LogP contribution in [-0.4, -0.2) is 73.4 Å². The summed E-state index contributed by atoms with van der Waals surface area (Å²) in [6.07, 6.45) is -4.11. The van der Waals surface area contributed by atoms with E-state index < -0.39 is 54.2 Å². The molecule has 1 aliphatic rings. The molecular formula is C22H30N6O7. The van der Waals surface area contributed by atoms with E-state index in [4.69, 9.17) is 19.9 Å². The van der Waals surface area contributed by atoms with Crippen molar-refractivity contribution in [2.75, 3.05) is 12.3 Å². The van der Waals surface area contributed by atoms with Crippen molar-refractivity contribution in [3.63, 3.8) is 0 Å². The summed E-state index contributed by atoms with van der Waals surface area (Å²) < 4.78 is 17.6. The van der Waals surface area contributed by atoms with Crippen LogP contribution < -0.4 is 11.1 Å². The van der Waals surface area contributed by atoms with Crippen molar-refractivity contribution in [2.45, 2.75) is 70.2 Å². The standard InChI is InChI=1S/C22H30N6O7/c1-11(2)15(27-20(32)35-21(3,4)5)19(31)33-8-13-16(29)17(30)22(9-23,34-13)14-7-6-12-18(24)25-10-26-28(12)14/h6-7,10-11,13,15-17,29-30H,8H2,1-5H3,(H,27,32)(H2,24,25,26)/t13-,15+,16-,17-,22-/m1/s1.